The Morgan fingerprint density at radius 2 is 1.33 bits per heavy atom. The average molecular weight is 441 g/mol. The standard InChI is InChI=1S/C25H24N6O2/c1-15-12-16(2)27-24(26-15)31-20-10-8-19(9-11-20)23(32)30-21-6-5-7-22(14-21)33-25-28-17(3)13-18(4)29-25/h5-14H,1-4H3,(H,30,32)(H,26,27,31). The van der Waals surface area contributed by atoms with Crippen molar-refractivity contribution in [2.24, 2.45) is 0 Å². The molecule has 33 heavy (non-hydrogen) atoms. The molecule has 2 aromatic heterocycles. The number of aromatic nitrogens is 4. The number of hydrogen-bond acceptors (Lipinski definition) is 7. The van der Waals surface area contributed by atoms with Crippen LogP contribution in [0.4, 0.5) is 17.3 Å². The van der Waals surface area contributed by atoms with E-state index in [2.05, 4.69) is 30.6 Å². The van der Waals surface area contributed by atoms with Gasteiger partial charge in [0, 0.05) is 45.8 Å². The van der Waals surface area contributed by atoms with Crippen molar-refractivity contribution in [1.29, 1.82) is 0 Å². The van der Waals surface area contributed by atoms with Crippen molar-refractivity contribution in [1.82, 2.24) is 19.9 Å². The Balaban J connectivity index is 1.42. The van der Waals surface area contributed by atoms with Crippen molar-refractivity contribution in [2.45, 2.75) is 27.7 Å². The number of nitrogens with zero attached hydrogens (tertiary/aromatic N) is 4. The molecule has 2 aromatic carbocycles. The Bertz CT molecular complexity index is 1260. The zero-order valence-electron chi connectivity index (χ0n) is 18.9. The van der Waals surface area contributed by atoms with Gasteiger partial charge in [-0.3, -0.25) is 4.79 Å². The first-order valence-electron chi connectivity index (χ1n) is 10.4. The highest BCUT2D eigenvalue weighted by Crippen LogP contribution is 2.23. The Labute approximate surface area is 192 Å². The van der Waals surface area contributed by atoms with Gasteiger partial charge in [0.2, 0.25) is 5.95 Å². The van der Waals surface area contributed by atoms with Gasteiger partial charge >= 0.3 is 6.01 Å². The van der Waals surface area contributed by atoms with E-state index in [4.69, 9.17) is 4.74 Å². The fourth-order valence-corrected chi connectivity index (χ4v) is 3.30. The third kappa shape index (κ3) is 5.88. The number of anilines is 3. The number of carbonyl (C=O) groups excluding carboxylic acids is 1. The number of nitrogens with one attached hydrogen (secondary N) is 2. The topological polar surface area (TPSA) is 102 Å². The SMILES string of the molecule is Cc1cc(C)nc(Nc2ccc(C(=O)Nc3cccc(Oc4nc(C)cc(C)n4)c3)cc2)n1. The lowest BCUT2D eigenvalue weighted by Gasteiger charge is -2.10. The predicted octanol–water partition coefficient (Wildman–Crippen LogP) is 5.29. The first-order chi connectivity index (χ1) is 15.8. The molecule has 4 aromatic rings. The summed E-state index contributed by atoms with van der Waals surface area (Å²) in [5, 5.41) is 6.04. The van der Waals surface area contributed by atoms with Crippen LogP contribution in [0.15, 0.2) is 60.7 Å². The minimum Gasteiger partial charge on any atom is -0.424 e. The van der Waals surface area contributed by atoms with Crippen LogP contribution in [0.5, 0.6) is 11.8 Å². The van der Waals surface area contributed by atoms with Crippen molar-refractivity contribution in [3.05, 3.63) is 89.0 Å². The second kappa shape index (κ2) is 9.44. The van der Waals surface area contributed by atoms with Crippen LogP contribution in [-0.2, 0) is 0 Å². The minimum atomic E-state index is -0.232. The summed E-state index contributed by atoms with van der Waals surface area (Å²) in [6.07, 6.45) is 0. The molecule has 0 unspecified atom stereocenters. The molecule has 0 spiro atoms. The molecule has 8 nitrogen and oxygen atoms in total. The lowest BCUT2D eigenvalue weighted by molar-refractivity contribution is 0.102. The molecule has 8 heteroatoms. The molecule has 0 aliphatic heterocycles. The monoisotopic (exact) mass is 440 g/mol. The van der Waals surface area contributed by atoms with E-state index in [0.717, 1.165) is 28.5 Å². The van der Waals surface area contributed by atoms with Gasteiger partial charge in [-0.2, -0.15) is 0 Å². The molecule has 0 aliphatic carbocycles. The number of carbonyl (C=O) groups is 1. The van der Waals surface area contributed by atoms with Crippen LogP contribution in [0.25, 0.3) is 0 Å². The highest BCUT2D eigenvalue weighted by Gasteiger charge is 2.09. The highest BCUT2D eigenvalue weighted by molar-refractivity contribution is 6.04. The predicted molar refractivity (Wildman–Crippen MR) is 127 cm³/mol. The summed E-state index contributed by atoms with van der Waals surface area (Å²) in [5.41, 5.74) is 5.33. The Hall–Kier alpha value is -4.33. The molecular weight excluding hydrogens is 416 g/mol. The van der Waals surface area contributed by atoms with E-state index >= 15 is 0 Å². The number of hydrogen-bond donors (Lipinski definition) is 2. The molecule has 1 amide bonds. The third-order valence-corrected chi connectivity index (χ3v) is 4.65. The van der Waals surface area contributed by atoms with Gasteiger partial charge in [-0.05, 0) is 76.2 Å². The van der Waals surface area contributed by atoms with Gasteiger partial charge in [-0.15, -0.1) is 0 Å². The molecule has 0 radical (unpaired) electrons. The summed E-state index contributed by atoms with van der Waals surface area (Å²) in [6, 6.07) is 18.3. The van der Waals surface area contributed by atoms with Gasteiger partial charge in [-0.1, -0.05) is 6.07 Å². The zero-order chi connectivity index (χ0) is 23.4. The summed E-state index contributed by atoms with van der Waals surface area (Å²) in [4.78, 5) is 30.0. The summed E-state index contributed by atoms with van der Waals surface area (Å²) in [5.74, 6) is 0.823. The van der Waals surface area contributed by atoms with E-state index in [-0.39, 0.29) is 11.9 Å². The first kappa shape index (κ1) is 21.9. The quantitative estimate of drug-likeness (QED) is 0.420. The summed E-state index contributed by atoms with van der Waals surface area (Å²) in [6.45, 7) is 7.60. The van der Waals surface area contributed by atoms with Crippen LogP contribution in [0.2, 0.25) is 0 Å². The van der Waals surface area contributed by atoms with E-state index in [1.165, 1.54) is 0 Å². The lowest BCUT2D eigenvalue weighted by atomic mass is 10.2. The maximum Gasteiger partial charge on any atom is 0.322 e. The molecule has 0 aliphatic rings. The lowest BCUT2D eigenvalue weighted by Crippen LogP contribution is -2.11. The summed E-state index contributed by atoms with van der Waals surface area (Å²) >= 11 is 0. The molecule has 0 saturated heterocycles. The van der Waals surface area contributed by atoms with Crippen LogP contribution in [0.1, 0.15) is 33.1 Å². The number of amides is 1. The van der Waals surface area contributed by atoms with E-state index in [0.29, 0.717) is 22.9 Å². The molecule has 4 rings (SSSR count). The molecule has 0 saturated carbocycles. The fourth-order valence-electron chi connectivity index (χ4n) is 3.30. The van der Waals surface area contributed by atoms with E-state index in [1.54, 1.807) is 36.4 Å². The van der Waals surface area contributed by atoms with Crippen LogP contribution in [0.3, 0.4) is 0 Å². The van der Waals surface area contributed by atoms with E-state index in [9.17, 15) is 4.79 Å². The second-order valence-electron chi connectivity index (χ2n) is 7.69. The smallest absolute Gasteiger partial charge is 0.322 e. The van der Waals surface area contributed by atoms with Crippen molar-refractivity contribution in [3.8, 4) is 11.8 Å². The number of aryl methyl sites for hydroxylation is 4. The first-order valence-corrected chi connectivity index (χ1v) is 10.4. The van der Waals surface area contributed by atoms with Gasteiger partial charge in [-0.25, -0.2) is 19.9 Å². The van der Waals surface area contributed by atoms with Crippen molar-refractivity contribution < 1.29 is 9.53 Å². The Kier molecular flexibility index (Phi) is 6.26. The molecule has 2 heterocycles. The van der Waals surface area contributed by atoms with Gasteiger partial charge in [0.25, 0.3) is 5.91 Å². The molecule has 0 bridgehead atoms. The summed E-state index contributed by atoms with van der Waals surface area (Å²) in [7, 11) is 0. The summed E-state index contributed by atoms with van der Waals surface area (Å²) < 4.78 is 5.76. The van der Waals surface area contributed by atoms with Crippen molar-refractivity contribution in [2.75, 3.05) is 10.6 Å². The minimum absolute atomic E-state index is 0.232. The maximum atomic E-state index is 12.7. The van der Waals surface area contributed by atoms with Crippen LogP contribution in [-0.4, -0.2) is 25.8 Å². The van der Waals surface area contributed by atoms with E-state index in [1.807, 2.05) is 52.0 Å². The molecular formula is C25H24N6O2. The van der Waals surface area contributed by atoms with Crippen molar-refractivity contribution in [3.63, 3.8) is 0 Å². The van der Waals surface area contributed by atoms with Gasteiger partial charge < -0.3 is 15.4 Å². The van der Waals surface area contributed by atoms with Crippen molar-refractivity contribution >= 4 is 23.2 Å². The Morgan fingerprint density at radius 1 is 0.727 bits per heavy atom. The van der Waals surface area contributed by atoms with Crippen LogP contribution < -0.4 is 15.4 Å². The zero-order valence-corrected chi connectivity index (χ0v) is 18.9. The average Bonchev–Trinajstić information content (AvgIpc) is 2.73. The third-order valence-electron chi connectivity index (χ3n) is 4.65. The van der Waals surface area contributed by atoms with Crippen LogP contribution in [0, 0.1) is 27.7 Å². The molecule has 0 fully saturated rings. The maximum absolute atomic E-state index is 12.7. The van der Waals surface area contributed by atoms with Gasteiger partial charge in [0.05, 0.1) is 0 Å². The van der Waals surface area contributed by atoms with Gasteiger partial charge in [0.15, 0.2) is 0 Å². The van der Waals surface area contributed by atoms with E-state index < -0.39 is 0 Å². The molecule has 2 N–H and O–H groups in total. The number of benzene rings is 2. The fraction of sp³-hybridized carbons (Fsp3) is 0.160. The second-order valence-corrected chi connectivity index (χ2v) is 7.69. The molecule has 0 atom stereocenters. The molecule has 166 valence electrons. The van der Waals surface area contributed by atoms with Gasteiger partial charge in [0.1, 0.15) is 5.75 Å². The Morgan fingerprint density at radius 3 is 1.97 bits per heavy atom. The largest absolute Gasteiger partial charge is 0.424 e. The highest BCUT2D eigenvalue weighted by atomic mass is 16.5. The van der Waals surface area contributed by atoms with Crippen LogP contribution >= 0.6 is 0 Å². The normalized spacial score (nSPS) is 10.5. The number of ether oxygens (including phenoxy) is 1. The number of rotatable bonds is 6.